The van der Waals surface area contributed by atoms with Gasteiger partial charge in [0.05, 0.1) is 0 Å². The zero-order valence-corrected chi connectivity index (χ0v) is 24.3. The molecule has 5 aliphatic heterocycles. The normalized spacial score (nSPS) is 29.9. The maximum atomic E-state index is 12.7. The Morgan fingerprint density at radius 2 is 1.21 bits per heavy atom. The molecule has 0 unspecified atom stereocenters. The third kappa shape index (κ3) is 4.06. The van der Waals surface area contributed by atoms with E-state index in [0.717, 1.165) is 12.8 Å². The van der Waals surface area contributed by atoms with Gasteiger partial charge in [0.25, 0.3) is 0 Å². The third-order valence-electron chi connectivity index (χ3n) is 4.84. The fourth-order valence-corrected chi connectivity index (χ4v) is 23.3. The van der Waals surface area contributed by atoms with Gasteiger partial charge in [0.2, 0.25) is 0 Å². The molecule has 0 aromatic heterocycles. The van der Waals surface area contributed by atoms with Gasteiger partial charge >= 0.3 is 207 Å². The van der Waals surface area contributed by atoms with Gasteiger partial charge in [0, 0.05) is 0 Å². The Bertz CT molecular complexity index is 813. The van der Waals surface area contributed by atoms with Crippen LogP contribution in [0.5, 0.6) is 0 Å². The first-order valence-electron chi connectivity index (χ1n) is 8.98. The van der Waals surface area contributed by atoms with E-state index in [4.69, 9.17) is 0 Å². The van der Waals surface area contributed by atoms with Crippen molar-refractivity contribution in [2.24, 2.45) is 0 Å². The maximum absolute atomic E-state index is 12.7. The summed E-state index contributed by atoms with van der Waals surface area (Å²) < 4.78 is 11.3. The van der Waals surface area contributed by atoms with Crippen molar-refractivity contribution in [1.29, 1.82) is 0 Å². The first kappa shape index (κ1) is 21.8. The summed E-state index contributed by atoms with van der Waals surface area (Å²) in [4.78, 5) is 0. The molecule has 28 heavy (non-hydrogen) atoms. The van der Waals surface area contributed by atoms with Crippen molar-refractivity contribution in [3.63, 3.8) is 0 Å². The zero-order chi connectivity index (χ0) is 19.7. The Balaban J connectivity index is 1.31. The van der Waals surface area contributed by atoms with E-state index in [1.807, 2.05) is 47.0 Å². The molecule has 151 valence electrons. The molecule has 5 aliphatic rings. The standard InChI is InChI=1S/C18H20NOS6Se2/c1-17(2)7-9(8-18(3,4)19(17)20)10-23-11-12(24-10)26-13(25-11)16-27-14-15(28-16)22-6-5-21-14/h5-8H2,1-4H3. The van der Waals surface area contributed by atoms with Gasteiger partial charge in [-0.05, 0) is 0 Å². The molecule has 0 atom stereocenters. The molecule has 5 rings (SSSR count). The first-order chi connectivity index (χ1) is 13.2. The summed E-state index contributed by atoms with van der Waals surface area (Å²) in [6.45, 7) is 8.36. The van der Waals surface area contributed by atoms with Crippen molar-refractivity contribution in [1.82, 2.24) is 5.06 Å². The number of hydroxylamine groups is 2. The van der Waals surface area contributed by atoms with E-state index in [-0.39, 0.29) is 11.1 Å². The van der Waals surface area contributed by atoms with Crippen molar-refractivity contribution in [3.05, 3.63) is 33.5 Å². The molecule has 0 aliphatic carbocycles. The Morgan fingerprint density at radius 3 is 1.71 bits per heavy atom. The molecule has 1 fully saturated rings. The zero-order valence-electron chi connectivity index (χ0n) is 15.9. The molecule has 0 amide bonds. The van der Waals surface area contributed by atoms with E-state index in [0.29, 0.717) is 29.9 Å². The second-order valence-corrected chi connectivity index (χ2v) is 22.3. The Kier molecular flexibility index (Phi) is 6.32. The number of rotatable bonds is 0. The summed E-state index contributed by atoms with van der Waals surface area (Å²) in [5.41, 5.74) is 0.850. The van der Waals surface area contributed by atoms with E-state index < -0.39 is 0 Å². The number of hydrogen-bond donors (Lipinski definition) is 0. The van der Waals surface area contributed by atoms with Gasteiger partial charge in [0.15, 0.2) is 0 Å². The van der Waals surface area contributed by atoms with Crippen molar-refractivity contribution < 1.29 is 5.21 Å². The molecule has 5 heterocycles. The SMILES string of the molecule is CC1(C)CC(=C2SC3=C(S2)SC(=C2[Se]C4=C(SCCS4)[Se]2)S3)CC(C)(C)N1[O]. The van der Waals surface area contributed by atoms with Crippen LogP contribution in [0.25, 0.3) is 0 Å². The second-order valence-electron chi connectivity index (χ2n) is 8.20. The van der Waals surface area contributed by atoms with Gasteiger partial charge < -0.3 is 0 Å². The van der Waals surface area contributed by atoms with Crippen molar-refractivity contribution in [2.45, 2.75) is 51.6 Å². The van der Waals surface area contributed by atoms with Crippen LogP contribution in [-0.4, -0.2) is 57.6 Å². The number of nitrogens with zero attached hydrogens (tertiary/aromatic N) is 1. The van der Waals surface area contributed by atoms with Crippen LogP contribution < -0.4 is 0 Å². The molecule has 0 aromatic rings. The van der Waals surface area contributed by atoms with Crippen LogP contribution in [0.1, 0.15) is 40.5 Å². The fourth-order valence-electron chi connectivity index (χ4n) is 3.83. The van der Waals surface area contributed by atoms with E-state index in [1.165, 1.54) is 34.9 Å². The van der Waals surface area contributed by atoms with Gasteiger partial charge in [-0.25, -0.2) is 0 Å². The summed E-state index contributed by atoms with van der Waals surface area (Å²) in [6.07, 6.45) is 1.77. The van der Waals surface area contributed by atoms with Crippen molar-refractivity contribution >= 4 is 100 Å². The summed E-state index contributed by atoms with van der Waals surface area (Å²) in [7, 11) is 0. The van der Waals surface area contributed by atoms with Gasteiger partial charge in [-0.1, -0.05) is 0 Å². The molecule has 0 spiro atoms. The van der Waals surface area contributed by atoms with Gasteiger partial charge in [-0.3, -0.25) is 0 Å². The molecule has 1 radical (unpaired) electrons. The third-order valence-corrected chi connectivity index (χ3v) is 22.6. The van der Waals surface area contributed by atoms with E-state index >= 15 is 0 Å². The van der Waals surface area contributed by atoms with E-state index in [2.05, 4.69) is 51.2 Å². The van der Waals surface area contributed by atoms with Crippen LogP contribution in [0.15, 0.2) is 33.5 Å². The van der Waals surface area contributed by atoms with Crippen LogP contribution in [-0.2, 0) is 5.21 Å². The second kappa shape index (κ2) is 8.10. The summed E-state index contributed by atoms with van der Waals surface area (Å²) in [6, 6.07) is 0. The van der Waals surface area contributed by atoms with Crippen LogP contribution in [0.2, 0.25) is 0 Å². The Hall–Kier alpha value is 2.02. The molecular weight excluding hydrogens is 597 g/mol. The predicted octanol–water partition coefficient (Wildman–Crippen LogP) is 6.44. The van der Waals surface area contributed by atoms with Crippen LogP contribution in [0.4, 0.5) is 0 Å². The fraction of sp³-hybridized carbons (Fsp3) is 0.556. The number of hydrogen-bond acceptors (Lipinski definition) is 7. The first-order valence-corrected chi connectivity index (χ1v) is 17.6. The molecule has 0 aromatic carbocycles. The summed E-state index contributed by atoms with van der Waals surface area (Å²) in [5.74, 6) is 2.60. The molecular formula is C18H20NOS6Se2. The summed E-state index contributed by atoms with van der Waals surface area (Å²) >= 11 is 13.5. The average Bonchev–Trinajstić information content (AvgIpc) is 3.30. The Morgan fingerprint density at radius 1 is 0.750 bits per heavy atom. The molecule has 0 N–H and O–H groups in total. The Labute approximate surface area is 205 Å². The van der Waals surface area contributed by atoms with E-state index in [9.17, 15) is 5.21 Å². The minimum absolute atomic E-state index is 0.319. The van der Waals surface area contributed by atoms with Crippen LogP contribution in [0.3, 0.4) is 0 Å². The number of piperidine rings is 1. The average molecular weight is 617 g/mol. The van der Waals surface area contributed by atoms with Gasteiger partial charge in [-0.2, -0.15) is 0 Å². The van der Waals surface area contributed by atoms with Crippen molar-refractivity contribution in [3.8, 4) is 0 Å². The molecule has 2 nitrogen and oxygen atoms in total. The van der Waals surface area contributed by atoms with Gasteiger partial charge in [-0.15, -0.1) is 0 Å². The van der Waals surface area contributed by atoms with Crippen LogP contribution >= 0.6 is 70.6 Å². The minimum atomic E-state index is -0.319. The molecule has 10 heteroatoms. The molecule has 0 bridgehead atoms. The van der Waals surface area contributed by atoms with Gasteiger partial charge in [0.1, 0.15) is 0 Å². The van der Waals surface area contributed by atoms with Crippen LogP contribution in [0, 0.1) is 0 Å². The number of thioether (sulfide) groups is 6. The molecule has 0 saturated carbocycles. The summed E-state index contributed by atoms with van der Waals surface area (Å²) in [5, 5.41) is 14.0. The quantitative estimate of drug-likeness (QED) is 0.289. The topological polar surface area (TPSA) is 23.1 Å². The monoisotopic (exact) mass is 618 g/mol. The molecule has 1 saturated heterocycles. The predicted molar refractivity (Wildman–Crippen MR) is 135 cm³/mol. The van der Waals surface area contributed by atoms with E-state index in [1.54, 1.807) is 15.2 Å². The van der Waals surface area contributed by atoms with Crippen molar-refractivity contribution in [2.75, 3.05) is 11.5 Å².